The van der Waals surface area contributed by atoms with E-state index in [9.17, 15) is 15.5 Å². The van der Waals surface area contributed by atoms with Crippen LogP contribution >= 0.6 is 0 Å². The molecule has 102 valence electrons. The predicted octanol–water partition coefficient (Wildman–Crippen LogP) is 0.957. The molecule has 0 unspecified atom stereocenters. The minimum Gasteiger partial charge on any atom is -0.389 e. The predicted molar refractivity (Wildman–Crippen MR) is 75.4 cm³/mol. The maximum Gasteiger partial charge on any atom is 0.103 e. The van der Waals surface area contributed by atoms with Crippen LogP contribution in [0, 0.1) is 18.3 Å². The summed E-state index contributed by atoms with van der Waals surface area (Å²) in [5, 5.41) is 29.6. The molecule has 1 aromatic heterocycles. The number of nitrogens with zero attached hydrogens (tertiary/aromatic N) is 3. The van der Waals surface area contributed by atoms with Gasteiger partial charge in [0.1, 0.15) is 6.07 Å². The molecule has 0 saturated carbocycles. The lowest BCUT2D eigenvalue weighted by Crippen LogP contribution is -2.22. The van der Waals surface area contributed by atoms with Gasteiger partial charge in [-0.25, -0.2) is 0 Å². The molecule has 5 heteroatoms. The molecule has 1 saturated heterocycles. The van der Waals surface area contributed by atoms with Crippen molar-refractivity contribution >= 4 is 16.6 Å². The Morgan fingerprint density at radius 3 is 2.65 bits per heavy atom. The van der Waals surface area contributed by atoms with E-state index in [-0.39, 0.29) is 0 Å². The van der Waals surface area contributed by atoms with Gasteiger partial charge in [-0.2, -0.15) is 5.26 Å². The van der Waals surface area contributed by atoms with Crippen molar-refractivity contribution in [2.24, 2.45) is 0 Å². The van der Waals surface area contributed by atoms with Gasteiger partial charge >= 0.3 is 0 Å². The summed E-state index contributed by atoms with van der Waals surface area (Å²) >= 11 is 0. The van der Waals surface area contributed by atoms with Gasteiger partial charge in [-0.05, 0) is 19.1 Å². The summed E-state index contributed by atoms with van der Waals surface area (Å²) in [4.78, 5) is 6.15. The average molecular weight is 269 g/mol. The van der Waals surface area contributed by atoms with Crippen molar-refractivity contribution in [2.45, 2.75) is 19.1 Å². The van der Waals surface area contributed by atoms with E-state index in [4.69, 9.17) is 0 Å². The number of aliphatic hydroxyl groups excluding tert-OH is 2. The Bertz CT molecular complexity index is 698. The van der Waals surface area contributed by atoms with Crippen molar-refractivity contribution in [3.63, 3.8) is 0 Å². The lowest BCUT2D eigenvalue weighted by molar-refractivity contribution is 0.0572. The first kappa shape index (κ1) is 12.9. The fourth-order valence-electron chi connectivity index (χ4n) is 2.67. The van der Waals surface area contributed by atoms with Crippen molar-refractivity contribution in [3.05, 3.63) is 35.5 Å². The first-order valence-corrected chi connectivity index (χ1v) is 6.50. The van der Waals surface area contributed by atoms with Crippen LogP contribution in [0.4, 0.5) is 5.69 Å². The molecule has 1 fully saturated rings. The zero-order valence-corrected chi connectivity index (χ0v) is 11.1. The summed E-state index contributed by atoms with van der Waals surface area (Å²) in [6.07, 6.45) is -0.0199. The number of anilines is 1. The second kappa shape index (κ2) is 4.75. The third-order valence-corrected chi connectivity index (χ3v) is 3.69. The van der Waals surface area contributed by atoms with Crippen LogP contribution in [0.3, 0.4) is 0 Å². The van der Waals surface area contributed by atoms with Crippen LogP contribution in [-0.2, 0) is 0 Å². The number of pyridine rings is 1. The largest absolute Gasteiger partial charge is 0.389 e. The number of aryl methyl sites for hydroxylation is 1. The topological polar surface area (TPSA) is 80.4 Å². The van der Waals surface area contributed by atoms with Crippen LogP contribution in [-0.4, -0.2) is 40.5 Å². The molecule has 1 aliphatic heterocycles. The molecule has 0 radical (unpaired) electrons. The van der Waals surface area contributed by atoms with Crippen molar-refractivity contribution in [3.8, 4) is 6.07 Å². The second-order valence-corrected chi connectivity index (χ2v) is 5.19. The normalized spacial score (nSPS) is 22.2. The molecule has 3 rings (SSSR count). The van der Waals surface area contributed by atoms with Crippen molar-refractivity contribution < 1.29 is 10.2 Å². The summed E-state index contributed by atoms with van der Waals surface area (Å²) in [7, 11) is 0. The van der Waals surface area contributed by atoms with Crippen LogP contribution in [0.15, 0.2) is 24.4 Å². The van der Waals surface area contributed by atoms with Crippen LogP contribution in [0.2, 0.25) is 0 Å². The Labute approximate surface area is 116 Å². The summed E-state index contributed by atoms with van der Waals surface area (Å²) < 4.78 is 0. The Morgan fingerprint density at radius 2 is 2.00 bits per heavy atom. The SMILES string of the molecule is Cc1ccc2ncc(C#N)c(N3C[C@@H](O)[C@H](O)C3)c2c1. The number of hydrogen-bond acceptors (Lipinski definition) is 5. The number of aromatic nitrogens is 1. The molecule has 0 bridgehead atoms. The Kier molecular flexibility index (Phi) is 3.05. The van der Waals surface area contributed by atoms with Gasteiger partial charge in [0.05, 0.1) is 29.0 Å². The minimum atomic E-state index is -0.783. The number of benzene rings is 1. The second-order valence-electron chi connectivity index (χ2n) is 5.19. The van der Waals surface area contributed by atoms with E-state index in [1.807, 2.05) is 30.0 Å². The highest BCUT2D eigenvalue weighted by molar-refractivity contribution is 5.95. The monoisotopic (exact) mass is 269 g/mol. The van der Waals surface area contributed by atoms with Crippen molar-refractivity contribution in [2.75, 3.05) is 18.0 Å². The zero-order valence-electron chi connectivity index (χ0n) is 11.1. The molecule has 2 atom stereocenters. The van der Waals surface area contributed by atoms with Crippen molar-refractivity contribution in [1.82, 2.24) is 4.98 Å². The molecule has 20 heavy (non-hydrogen) atoms. The van der Waals surface area contributed by atoms with Crippen LogP contribution in [0.1, 0.15) is 11.1 Å². The molecule has 0 aliphatic carbocycles. The molecule has 1 aromatic carbocycles. The van der Waals surface area contributed by atoms with Gasteiger partial charge in [0.15, 0.2) is 0 Å². The van der Waals surface area contributed by atoms with Gasteiger partial charge in [-0.1, -0.05) is 11.6 Å². The lowest BCUT2D eigenvalue weighted by Gasteiger charge is -2.21. The lowest BCUT2D eigenvalue weighted by atomic mass is 10.1. The number of rotatable bonds is 1. The molecule has 0 spiro atoms. The Hall–Kier alpha value is -2.16. The fourth-order valence-corrected chi connectivity index (χ4v) is 2.67. The van der Waals surface area contributed by atoms with Gasteiger partial charge < -0.3 is 15.1 Å². The fraction of sp³-hybridized carbons (Fsp3) is 0.333. The van der Waals surface area contributed by atoms with E-state index in [0.29, 0.717) is 18.7 Å². The minimum absolute atomic E-state index is 0.322. The number of β-amino-alcohol motifs (C(OH)–C–C–N with tert-alkyl or cyclic N) is 2. The summed E-state index contributed by atoms with van der Waals surface area (Å²) in [6.45, 7) is 2.63. The van der Waals surface area contributed by atoms with E-state index in [0.717, 1.165) is 22.2 Å². The van der Waals surface area contributed by atoms with Crippen molar-refractivity contribution in [1.29, 1.82) is 5.26 Å². The van der Waals surface area contributed by atoms with E-state index in [1.165, 1.54) is 0 Å². The van der Waals surface area contributed by atoms with E-state index in [2.05, 4.69) is 11.1 Å². The highest BCUT2D eigenvalue weighted by Crippen LogP contribution is 2.32. The molecular formula is C15H15N3O2. The first-order valence-electron chi connectivity index (χ1n) is 6.50. The number of nitriles is 1. The number of hydrogen-bond donors (Lipinski definition) is 2. The Morgan fingerprint density at radius 1 is 1.30 bits per heavy atom. The van der Waals surface area contributed by atoms with Crippen LogP contribution in [0.25, 0.3) is 10.9 Å². The molecule has 0 amide bonds. The van der Waals surface area contributed by atoms with Crippen LogP contribution < -0.4 is 4.90 Å². The van der Waals surface area contributed by atoms with E-state index < -0.39 is 12.2 Å². The summed E-state index contributed by atoms with van der Waals surface area (Å²) in [6, 6.07) is 8.01. The standard InChI is InChI=1S/C15H15N3O2/c1-9-2-3-12-11(4-9)15(10(5-16)6-17-12)18-7-13(19)14(20)8-18/h2-4,6,13-14,19-20H,7-8H2,1H3/t13-,14-/m1/s1. The maximum atomic E-state index is 9.73. The van der Waals surface area contributed by atoms with E-state index in [1.54, 1.807) is 6.20 Å². The smallest absolute Gasteiger partial charge is 0.103 e. The van der Waals surface area contributed by atoms with Gasteiger partial charge in [0, 0.05) is 24.7 Å². The first-order chi connectivity index (χ1) is 9.60. The molecule has 2 aromatic rings. The zero-order chi connectivity index (χ0) is 14.3. The summed E-state index contributed by atoms with van der Waals surface area (Å²) in [5.74, 6) is 0. The van der Waals surface area contributed by atoms with Gasteiger partial charge in [-0.15, -0.1) is 0 Å². The third-order valence-electron chi connectivity index (χ3n) is 3.69. The molecule has 5 nitrogen and oxygen atoms in total. The van der Waals surface area contributed by atoms with Gasteiger partial charge in [0.25, 0.3) is 0 Å². The third kappa shape index (κ3) is 1.99. The number of fused-ring (bicyclic) bond motifs is 1. The van der Waals surface area contributed by atoms with E-state index >= 15 is 0 Å². The molecule has 1 aliphatic rings. The Balaban J connectivity index is 2.22. The molecule has 2 heterocycles. The van der Waals surface area contributed by atoms with Crippen LogP contribution in [0.5, 0.6) is 0 Å². The maximum absolute atomic E-state index is 9.73. The number of aliphatic hydroxyl groups is 2. The highest BCUT2D eigenvalue weighted by Gasteiger charge is 2.31. The highest BCUT2D eigenvalue weighted by atomic mass is 16.3. The van der Waals surface area contributed by atoms with Gasteiger partial charge in [-0.3, -0.25) is 4.98 Å². The summed E-state index contributed by atoms with van der Waals surface area (Å²) in [5.41, 5.74) is 3.10. The average Bonchev–Trinajstić information content (AvgIpc) is 2.76. The quantitative estimate of drug-likeness (QED) is 0.806. The van der Waals surface area contributed by atoms with Gasteiger partial charge in [0.2, 0.25) is 0 Å². The molecule has 2 N–H and O–H groups in total. The molecular weight excluding hydrogens is 254 g/mol.